The van der Waals surface area contributed by atoms with Crippen molar-refractivity contribution in [2.75, 3.05) is 7.11 Å². The molecule has 0 amide bonds. The Kier molecular flexibility index (Phi) is 3.46. The van der Waals surface area contributed by atoms with Crippen molar-refractivity contribution in [2.24, 2.45) is 0 Å². The molecule has 1 aromatic heterocycles. The van der Waals surface area contributed by atoms with Gasteiger partial charge < -0.3 is 4.74 Å². The Morgan fingerprint density at radius 1 is 0.750 bits per heavy atom. The van der Waals surface area contributed by atoms with Crippen LogP contribution in [-0.4, -0.2) is 12.1 Å². The van der Waals surface area contributed by atoms with Crippen LogP contribution in [0.5, 0.6) is 5.75 Å². The highest BCUT2D eigenvalue weighted by molar-refractivity contribution is 5.71. The summed E-state index contributed by atoms with van der Waals surface area (Å²) in [5, 5.41) is 0. The molecular weight excluding hydrogens is 246 g/mol. The standard InChI is InChI=1S/C18H15NO/c1-20-18-10-6-5-9-16(18)15-11-12-17(19-13-15)14-7-3-2-4-8-14/h2-13H,1H3. The average Bonchev–Trinajstić information content (AvgIpc) is 2.56. The molecule has 0 bridgehead atoms. The third-order valence-corrected chi connectivity index (χ3v) is 3.25. The lowest BCUT2D eigenvalue weighted by atomic mass is 10.0. The van der Waals surface area contributed by atoms with E-state index < -0.39 is 0 Å². The van der Waals surface area contributed by atoms with E-state index in [4.69, 9.17) is 4.74 Å². The van der Waals surface area contributed by atoms with E-state index in [-0.39, 0.29) is 0 Å². The van der Waals surface area contributed by atoms with E-state index >= 15 is 0 Å². The number of pyridine rings is 1. The van der Waals surface area contributed by atoms with Crippen LogP contribution < -0.4 is 4.74 Å². The van der Waals surface area contributed by atoms with Gasteiger partial charge in [0.25, 0.3) is 0 Å². The summed E-state index contributed by atoms with van der Waals surface area (Å²) in [6.45, 7) is 0. The molecule has 2 aromatic carbocycles. The van der Waals surface area contributed by atoms with Gasteiger partial charge in [-0.15, -0.1) is 0 Å². The Morgan fingerprint density at radius 3 is 2.20 bits per heavy atom. The Balaban J connectivity index is 1.98. The summed E-state index contributed by atoms with van der Waals surface area (Å²) in [5.41, 5.74) is 4.22. The van der Waals surface area contributed by atoms with Gasteiger partial charge >= 0.3 is 0 Å². The van der Waals surface area contributed by atoms with Gasteiger partial charge in [0, 0.05) is 22.9 Å². The van der Waals surface area contributed by atoms with Gasteiger partial charge in [0.15, 0.2) is 0 Å². The molecule has 0 radical (unpaired) electrons. The smallest absolute Gasteiger partial charge is 0.126 e. The molecular formula is C18H15NO. The van der Waals surface area contributed by atoms with Crippen LogP contribution in [0.15, 0.2) is 72.9 Å². The number of methoxy groups -OCH3 is 1. The molecule has 0 unspecified atom stereocenters. The van der Waals surface area contributed by atoms with Crippen LogP contribution in [0, 0.1) is 0 Å². The normalized spacial score (nSPS) is 10.2. The highest BCUT2D eigenvalue weighted by Crippen LogP contribution is 2.29. The fourth-order valence-electron chi connectivity index (χ4n) is 2.22. The van der Waals surface area contributed by atoms with Gasteiger partial charge in [0.05, 0.1) is 12.8 Å². The quantitative estimate of drug-likeness (QED) is 0.696. The lowest BCUT2D eigenvalue weighted by molar-refractivity contribution is 0.416. The number of rotatable bonds is 3. The molecule has 20 heavy (non-hydrogen) atoms. The van der Waals surface area contributed by atoms with E-state index in [1.807, 2.05) is 54.7 Å². The SMILES string of the molecule is COc1ccccc1-c1ccc(-c2ccccc2)nc1. The molecule has 0 N–H and O–H groups in total. The van der Waals surface area contributed by atoms with E-state index in [1.54, 1.807) is 7.11 Å². The third kappa shape index (κ3) is 2.41. The second-order valence-electron chi connectivity index (χ2n) is 4.50. The molecule has 1 heterocycles. The minimum absolute atomic E-state index is 0.863. The predicted molar refractivity (Wildman–Crippen MR) is 81.7 cm³/mol. The van der Waals surface area contributed by atoms with Gasteiger partial charge in [-0.1, -0.05) is 54.6 Å². The van der Waals surface area contributed by atoms with Crippen molar-refractivity contribution in [1.29, 1.82) is 0 Å². The molecule has 0 atom stereocenters. The fraction of sp³-hybridized carbons (Fsp3) is 0.0556. The van der Waals surface area contributed by atoms with Crippen molar-refractivity contribution in [3.8, 4) is 28.1 Å². The van der Waals surface area contributed by atoms with Crippen LogP contribution in [0.4, 0.5) is 0 Å². The first-order valence-corrected chi connectivity index (χ1v) is 6.53. The topological polar surface area (TPSA) is 22.1 Å². The third-order valence-electron chi connectivity index (χ3n) is 3.25. The van der Waals surface area contributed by atoms with Crippen molar-refractivity contribution < 1.29 is 4.74 Å². The molecule has 0 saturated carbocycles. The van der Waals surface area contributed by atoms with Crippen LogP contribution >= 0.6 is 0 Å². The Bertz CT molecular complexity index is 690. The van der Waals surface area contributed by atoms with Gasteiger partial charge in [0.1, 0.15) is 5.75 Å². The molecule has 3 rings (SSSR count). The van der Waals surface area contributed by atoms with E-state index in [2.05, 4.69) is 23.2 Å². The Labute approximate surface area is 118 Å². The fourth-order valence-corrected chi connectivity index (χ4v) is 2.22. The van der Waals surface area contributed by atoms with Gasteiger partial charge in [-0.3, -0.25) is 4.98 Å². The van der Waals surface area contributed by atoms with Gasteiger partial charge in [0.2, 0.25) is 0 Å². The van der Waals surface area contributed by atoms with E-state index in [0.29, 0.717) is 0 Å². The summed E-state index contributed by atoms with van der Waals surface area (Å²) in [4.78, 5) is 4.55. The summed E-state index contributed by atoms with van der Waals surface area (Å²) in [7, 11) is 1.69. The molecule has 3 aromatic rings. The zero-order valence-corrected chi connectivity index (χ0v) is 11.3. The number of hydrogen-bond acceptors (Lipinski definition) is 2. The molecule has 2 heteroatoms. The zero-order valence-electron chi connectivity index (χ0n) is 11.3. The van der Waals surface area contributed by atoms with Crippen LogP contribution in [0.25, 0.3) is 22.4 Å². The molecule has 0 aliphatic heterocycles. The molecule has 0 aliphatic carbocycles. The summed E-state index contributed by atoms with van der Waals surface area (Å²) in [6.07, 6.45) is 1.89. The minimum atomic E-state index is 0.863. The van der Waals surface area contributed by atoms with E-state index in [0.717, 1.165) is 28.1 Å². The first-order valence-electron chi connectivity index (χ1n) is 6.53. The van der Waals surface area contributed by atoms with Gasteiger partial charge in [-0.25, -0.2) is 0 Å². The first-order chi connectivity index (χ1) is 9.88. The van der Waals surface area contributed by atoms with Crippen LogP contribution in [0.1, 0.15) is 0 Å². The van der Waals surface area contributed by atoms with Gasteiger partial charge in [-0.2, -0.15) is 0 Å². The monoisotopic (exact) mass is 261 g/mol. The summed E-state index contributed by atoms with van der Waals surface area (Å²) in [6, 6.07) is 22.2. The molecule has 98 valence electrons. The predicted octanol–water partition coefficient (Wildman–Crippen LogP) is 4.42. The Morgan fingerprint density at radius 2 is 1.50 bits per heavy atom. The molecule has 0 spiro atoms. The lowest BCUT2D eigenvalue weighted by Gasteiger charge is -2.08. The summed E-state index contributed by atoms with van der Waals surface area (Å²) in [5.74, 6) is 0.863. The van der Waals surface area contributed by atoms with Gasteiger partial charge in [-0.05, 0) is 12.1 Å². The number of ether oxygens (including phenoxy) is 1. The lowest BCUT2D eigenvalue weighted by Crippen LogP contribution is -1.89. The average molecular weight is 261 g/mol. The van der Waals surface area contributed by atoms with Crippen molar-refractivity contribution in [2.45, 2.75) is 0 Å². The Hall–Kier alpha value is -2.61. The number of benzene rings is 2. The maximum atomic E-state index is 5.39. The highest BCUT2D eigenvalue weighted by atomic mass is 16.5. The summed E-state index contributed by atoms with van der Waals surface area (Å²) < 4.78 is 5.39. The largest absolute Gasteiger partial charge is 0.496 e. The van der Waals surface area contributed by atoms with Crippen LogP contribution in [0.3, 0.4) is 0 Å². The molecule has 0 saturated heterocycles. The molecule has 2 nitrogen and oxygen atoms in total. The minimum Gasteiger partial charge on any atom is -0.496 e. The maximum Gasteiger partial charge on any atom is 0.126 e. The number of nitrogens with zero attached hydrogens (tertiary/aromatic N) is 1. The van der Waals surface area contributed by atoms with E-state index in [9.17, 15) is 0 Å². The molecule has 0 aliphatic rings. The van der Waals surface area contributed by atoms with Crippen molar-refractivity contribution in [1.82, 2.24) is 4.98 Å². The number of para-hydroxylation sites is 1. The van der Waals surface area contributed by atoms with Crippen molar-refractivity contribution >= 4 is 0 Å². The van der Waals surface area contributed by atoms with Crippen LogP contribution in [-0.2, 0) is 0 Å². The van der Waals surface area contributed by atoms with Crippen LogP contribution in [0.2, 0.25) is 0 Å². The second-order valence-corrected chi connectivity index (χ2v) is 4.50. The zero-order chi connectivity index (χ0) is 13.8. The van der Waals surface area contributed by atoms with E-state index in [1.165, 1.54) is 0 Å². The first kappa shape index (κ1) is 12.4. The maximum absolute atomic E-state index is 5.39. The number of hydrogen-bond donors (Lipinski definition) is 0. The summed E-state index contributed by atoms with van der Waals surface area (Å²) >= 11 is 0. The van der Waals surface area contributed by atoms with Crippen molar-refractivity contribution in [3.63, 3.8) is 0 Å². The number of aromatic nitrogens is 1. The van der Waals surface area contributed by atoms with Crippen molar-refractivity contribution in [3.05, 3.63) is 72.9 Å². The molecule has 0 fully saturated rings. The second kappa shape index (κ2) is 5.57. The highest BCUT2D eigenvalue weighted by Gasteiger charge is 2.05.